The van der Waals surface area contributed by atoms with E-state index >= 15 is 0 Å². The molecular weight excluding hydrogens is 448 g/mol. The van der Waals surface area contributed by atoms with Crippen LogP contribution in [0.25, 0.3) is 0 Å². The molecular formula is C28H38O7. The summed E-state index contributed by atoms with van der Waals surface area (Å²) in [6.45, 7) is 12.0. The van der Waals surface area contributed by atoms with Gasteiger partial charge in [0, 0.05) is 10.8 Å². The van der Waals surface area contributed by atoms with Crippen LogP contribution in [-0.2, 0) is 14.2 Å². The normalized spacial score (nSPS) is 22.0. The zero-order valence-corrected chi connectivity index (χ0v) is 21.7. The van der Waals surface area contributed by atoms with Crippen molar-refractivity contribution in [3.8, 4) is 23.0 Å². The first-order chi connectivity index (χ1) is 16.7. The predicted molar refractivity (Wildman–Crippen MR) is 133 cm³/mol. The van der Waals surface area contributed by atoms with E-state index in [1.807, 2.05) is 36.4 Å². The van der Waals surface area contributed by atoms with Gasteiger partial charge in [-0.15, -0.1) is 0 Å². The maximum atomic E-state index is 5.96. The summed E-state index contributed by atoms with van der Waals surface area (Å²) in [5.74, 6) is 2.78. The molecule has 0 aliphatic carbocycles. The summed E-state index contributed by atoms with van der Waals surface area (Å²) in [6.07, 6.45) is 0.142. The summed E-state index contributed by atoms with van der Waals surface area (Å²) in [4.78, 5) is 0. The quantitative estimate of drug-likeness (QED) is 0.374. The highest BCUT2D eigenvalue weighted by atomic mass is 16.6. The molecule has 2 aromatic rings. The second-order valence-corrected chi connectivity index (χ2v) is 10.5. The number of benzene rings is 2. The van der Waals surface area contributed by atoms with Gasteiger partial charge in [-0.2, -0.15) is 0 Å². The Bertz CT molecular complexity index is 921. The van der Waals surface area contributed by atoms with Crippen LogP contribution in [0.1, 0.15) is 51.0 Å². The van der Waals surface area contributed by atoms with Crippen LogP contribution < -0.4 is 18.9 Å². The first-order valence-corrected chi connectivity index (χ1v) is 12.2. The second kappa shape index (κ2) is 10.6. The Morgan fingerprint density at radius 2 is 1.09 bits per heavy atom. The Labute approximate surface area is 208 Å². The van der Waals surface area contributed by atoms with Crippen LogP contribution in [0.4, 0.5) is 0 Å². The van der Waals surface area contributed by atoms with Crippen LogP contribution in [0.5, 0.6) is 23.0 Å². The molecule has 2 saturated heterocycles. The van der Waals surface area contributed by atoms with Crippen molar-refractivity contribution in [1.82, 2.24) is 0 Å². The molecule has 35 heavy (non-hydrogen) atoms. The van der Waals surface area contributed by atoms with Crippen molar-refractivity contribution in [2.45, 2.75) is 39.9 Å². The van der Waals surface area contributed by atoms with E-state index in [9.17, 15) is 0 Å². The lowest BCUT2D eigenvalue weighted by Crippen LogP contribution is -2.40. The molecule has 7 nitrogen and oxygen atoms in total. The van der Waals surface area contributed by atoms with E-state index in [2.05, 4.69) is 27.7 Å². The van der Waals surface area contributed by atoms with E-state index in [-0.39, 0.29) is 23.0 Å². The zero-order chi connectivity index (χ0) is 25.1. The Balaban J connectivity index is 1.23. The van der Waals surface area contributed by atoms with E-state index in [1.54, 1.807) is 14.2 Å². The fourth-order valence-electron chi connectivity index (χ4n) is 4.56. The van der Waals surface area contributed by atoms with Crippen LogP contribution >= 0.6 is 0 Å². The Hall–Kier alpha value is -2.48. The van der Waals surface area contributed by atoms with Gasteiger partial charge in [0.2, 0.25) is 0 Å². The maximum absolute atomic E-state index is 5.96. The summed E-state index contributed by atoms with van der Waals surface area (Å²) in [5.41, 5.74) is 2.44. The Morgan fingerprint density at radius 1 is 0.657 bits per heavy atom. The SMILES string of the molecule is COc1ccc(C2OCC2(C)C)cc1OCCOCCOc1cc(C2OCC2(C)C)ccc1OC. The van der Waals surface area contributed by atoms with Gasteiger partial charge in [-0.25, -0.2) is 0 Å². The monoisotopic (exact) mass is 486 g/mol. The molecule has 0 saturated carbocycles. The van der Waals surface area contributed by atoms with E-state index in [0.29, 0.717) is 49.4 Å². The van der Waals surface area contributed by atoms with Crippen molar-refractivity contribution in [2.75, 3.05) is 53.9 Å². The van der Waals surface area contributed by atoms with E-state index in [4.69, 9.17) is 33.2 Å². The molecule has 2 aromatic carbocycles. The van der Waals surface area contributed by atoms with E-state index in [0.717, 1.165) is 24.3 Å². The number of rotatable bonds is 12. The lowest BCUT2D eigenvalue weighted by Gasteiger charge is -2.44. The molecule has 192 valence electrons. The van der Waals surface area contributed by atoms with E-state index < -0.39 is 0 Å². The summed E-state index contributed by atoms with van der Waals surface area (Å²) in [7, 11) is 3.28. The Kier molecular flexibility index (Phi) is 7.79. The highest BCUT2D eigenvalue weighted by molar-refractivity contribution is 5.45. The van der Waals surface area contributed by atoms with Gasteiger partial charge in [0.05, 0.1) is 52.9 Å². The highest BCUT2D eigenvalue weighted by Gasteiger charge is 2.42. The van der Waals surface area contributed by atoms with Gasteiger partial charge in [-0.05, 0) is 35.4 Å². The molecule has 0 radical (unpaired) electrons. The summed E-state index contributed by atoms with van der Waals surface area (Å²) >= 11 is 0. The lowest BCUT2D eigenvalue weighted by molar-refractivity contribution is -0.172. The molecule has 0 bridgehead atoms. The molecule has 0 N–H and O–H groups in total. The second-order valence-electron chi connectivity index (χ2n) is 10.5. The molecule has 7 heteroatoms. The van der Waals surface area contributed by atoms with Crippen molar-refractivity contribution in [1.29, 1.82) is 0 Å². The molecule has 4 rings (SSSR count). The third-order valence-electron chi connectivity index (χ3n) is 6.61. The third-order valence-corrected chi connectivity index (χ3v) is 6.61. The molecule has 2 fully saturated rings. The zero-order valence-electron chi connectivity index (χ0n) is 21.7. The van der Waals surface area contributed by atoms with Crippen LogP contribution in [0.15, 0.2) is 36.4 Å². The first kappa shape index (κ1) is 25.6. The standard InChI is InChI=1S/C28H38O7/c1-27(2)17-34-25(27)19-7-9-21(29-5)23(15-19)32-13-11-31-12-14-33-24-16-20(8-10-22(24)30-6)26-28(3,4)18-35-26/h7-10,15-16,25-26H,11-14,17-18H2,1-6H3. The van der Waals surface area contributed by atoms with Gasteiger partial charge in [-0.1, -0.05) is 39.8 Å². The van der Waals surface area contributed by atoms with Crippen molar-refractivity contribution in [3.05, 3.63) is 47.5 Å². The van der Waals surface area contributed by atoms with Crippen LogP contribution in [0.2, 0.25) is 0 Å². The lowest BCUT2D eigenvalue weighted by atomic mass is 9.79. The fraction of sp³-hybridized carbons (Fsp3) is 0.571. The molecule has 2 heterocycles. The molecule has 2 unspecified atom stereocenters. The van der Waals surface area contributed by atoms with Crippen molar-refractivity contribution in [3.63, 3.8) is 0 Å². The number of hydrogen-bond donors (Lipinski definition) is 0. The molecule has 0 amide bonds. The summed E-state index contributed by atoms with van der Waals surface area (Å²) in [6, 6.07) is 11.9. The first-order valence-electron chi connectivity index (χ1n) is 12.2. The predicted octanol–water partition coefficient (Wildman–Crippen LogP) is 5.37. The minimum atomic E-state index is 0.0709. The van der Waals surface area contributed by atoms with Crippen LogP contribution in [0.3, 0.4) is 0 Å². The van der Waals surface area contributed by atoms with Crippen molar-refractivity contribution < 1.29 is 33.2 Å². The topological polar surface area (TPSA) is 64.6 Å². The van der Waals surface area contributed by atoms with Gasteiger partial charge < -0.3 is 33.2 Å². The third kappa shape index (κ3) is 5.68. The van der Waals surface area contributed by atoms with Gasteiger partial charge in [0.15, 0.2) is 23.0 Å². The van der Waals surface area contributed by atoms with Crippen LogP contribution in [-0.4, -0.2) is 53.9 Å². The molecule has 2 atom stereocenters. The van der Waals surface area contributed by atoms with Gasteiger partial charge in [0.1, 0.15) is 13.2 Å². The summed E-state index contributed by atoms with van der Waals surface area (Å²) in [5, 5.41) is 0. The van der Waals surface area contributed by atoms with Crippen LogP contribution in [0, 0.1) is 10.8 Å². The largest absolute Gasteiger partial charge is 0.493 e. The van der Waals surface area contributed by atoms with Crippen molar-refractivity contribution in [2.24, 2.45) is 10.8 Å². The highest BCUT2D eigenvalue weighted by Crippen LogP contribution is 2.48. The molecule has 0 aromatic heterocycles. The minimum Gasteiger partial charge on any atom is -0.493 e. The van der Waals surface area contributed by atoms with Crippen molar-refractivity contribution >= 4 is 0 Å². The molecule has 2 aliphatic rings. The average Bonchev–Trinajstić information content (AvgIpc) is 2.82. The Morgan fingerprint density at radius 3 is 1.40 bits per heavy atom. The number of methoxy groups -OCH3 is 2. The van der Waals surface area contributed by atoms with Gasteiger partial charge in [-0.3, -0.25) is 0 Å². The number of hydrogen-bond acceptors (Lipinski definition) is 7. The minimum absolute atomic E-state index is 0.0709. The number of ether oxygens (including phenoxy) is 7. The maximum Gasteiger partial charge on any atom is 0.161 e. The fourth-order valence-corrected chi connectivity index (χ4v) is 4.56. The molecule has 0 spiro atoms. The van der Waals surface area contributed by atoms with Gasteiger partial charge >= 0.3 is 0 Å². The van der Waals surface area contributed by atoms with Gasteiger partial charge in [0.25, 0.3) is 0 Å². The smallest absolute Gasteiger partial charge is 0.161 e. The molecule has 2 aliphatic heterocycles. The van der Waals surface area contributed by atoms with E-state index in [1.165, 1.54) is 0 Å². The summed E-state index contributed by atoms with van der Waals surface area (Å²) < 4.78 is 40.1. The average molecular weight is 487 g/mol.